The molecule has 2 aliphatic heterocycles. The summed E-state index contributed by atoms with van der Waals surface area (Å²) in [5, 5.41) is 2.45. The third kappa shape index (κ3) is 6.33. The lowest BCUT2D eigenvalue weighted by Gasteiger charge is -2.32. The SMILES string of the molecule is CC(C)CC(N[C@@H](c1ccc(-c2cccc(S(C)(=O)=O)c2)cc1)C(F)(F)F)C(=O)N1C[C@H](F)[C@H]2OCC(=O)[C@H]21. The number of fused-ring (bicyclic) bond motifs is 1. The number of benzene rings is 2. The van der Waals surface area contributed by atoms with E-state index in [1.165, 1.54) is 36.4 Å². The normalized spacial score (nSPS) is 23.2. The van der Waals surface area contributed by atoms with E-state index in [0.29, 0.717) is 11.1 Å². The Morgan fingerprint density at radius 2 is 1.79 bits per heavy atom. The van der Waals surface area contributed by atoms with Gasteiger partial charge in [0.25, 0.3) is 0 Å². The molecule has 2 aliphatic rings. The minimum absolute atomic E-state index is 0.0294. The molecular formula is C27H30F4N2O5S. The van der Waals surface area contributed by atoms with Crippen LogP contribution < -0.4 is 5.32 Å². The highest BCUT2D eigenvalue weighted by atomic mass is 32.2. The van der Waals surface area contributed by atoms with Crippen LogP contribution in [0.2, 0.25) is 0 Å². The molecule has 0 aromatic heterocycles. The number of likely N-dealkylation sites (tertiary alicyclic amines) is 1. The minimum atomic E-state index is -4.78. The summed E-state index contributed by atoms with van der Waals surface area (Å²) in [6.45, 7) is 2.73. The first-order valence-corrected chi connectivity index (χ1v) is 14.4. The Morgan fingerprint density at radius 1 is 1.13 bits per heavy atom. The fourth-order valence-electron chi connectivity index (χ4n) is 5.09. The van der Waals surface area contributed by atoms with Gasteiger partial charge in [-0.25, -0.2) is 12.8 Å². The summed E-state index contributed by atoms with van der Waals surface area (Å²) in [4.78, 5) is 26.8. The number of hydrogen-bond donors (Lipinski definition) is 1. The number of hydrogen-bond acceptors (Lipinski definition) is 6. The predicted molar refractivity (Wildman–Crippen MR) is 135 cm³/mol. The second kappa shape index (κ2) is 11.0. The molecule has 0 bridgehead atoms. The predicted octanol–water partition coefficient (Wildman–Crippen LogP) is 3.88. The number of sulfone groups is 1. The fraction of sp³-hybridized carbons (Fsp3) is 0.481. The molecule has 39 heavy (non-hydrogen) atoms. The topological polar surface area (TPSA) is 92.8 Å². The number of amides is 1. The summed E-state index contributed by atoms with van der Waals surface area (Å²) >= 11 is 0. The molecule has 1 N–H and O–H groups in total. The van der Waals surface area contributed by atoms with Gasteiger partial charge in [0.05, 0.1) is 17.5 Å². The van der Waals surface area contributed by atoms with E-state index in [-0.39, 0.29) is 29.4 Å². The Bertz CT molecular complexity index is 1330. The van der Waals surface area contributed by atoms with Crippen molar-refractivity contribution in [3.63, 3.8) is 0 Å². The Morgan fingerprint density at radius 3 is 2.38 bits per heavy atom. The van der Waals surface area contributed by atoms with Crippen molar-refractivity contribution >= 4 is 21.5 Å². The van der Waals surface area contributed by atoms with E-state index < -0.39 is 64.6 Å². The van der Waals surface area contributed by atoms with E-state index in [4.69, 9.17) is 4.74 Å². The number of rotatable bonds is 8. The van der Waals surface area contributed by atoms with E-state index in [2.05, 4.69) is 5.32 Å². The van der Waals surface area contributed by atoms with E-state index >= 15 is 0 Å². The number of nitrogens with zero attached hydrogens (tertiary/aromatic N) is 1. The van der Waals surface area contributed by atoms with Gasteiger partial charge in [0.1, 0.15) is 31.0 Å². The third-order valence-corrected chi connectivity index (χ3v) is 8.06. The smallest absolute Gasteiger partial charge is 0.365 e. The molecule has 2 heterocycles. The van der Waals surface area contributed by atoms with Gasteiger partial charge in [-0.15, -0.1) is 0 Å². The summed E-state index contributed by atoms with van der Waals surface area (Å²) < 4.78 is 86.3. The van der Waals surface area contributed by atoms with Gasteiger partial charge >= 0.3 is 6.18 Å². The van der Waals surface area contributed by atoms with Crippen LogP contribution in [0.25, 0.3) is 11.1 Å². The lowest BCUT2D eigenvalue weighted by atomic mass is 9.97. The highest BCUT2D eigenvalue weighted by molar-refractivity contribution is 7.90. The molecule has 4 rings (SSSR count). The molecule has 5 atom stereocenters. The highest BCUT2D eigenvalue weighted by Crippen LogP contribution is 2.36. The monoisotopic (exact) mass is 570 g/mol. The van der Waals surface area contributed by atoms with Crippen molar-refractivity contribution in [2.45, 2.75) is 61.7 Å². The van der Waals surface area contributed by atoms with E-state index in [9.17, 15) is 35.6 Å². The van der Waals surface area contributed by atoms with Crippen molar-refractivity contribution in [3.05, 3.63) is 54.1 Å². The number of ketones is 1. The summed E-state index contributed by atoms with van der Waals surface area (Å²) in [5.41, 5.74) is 0.869. The molecule has 0 radical (unpaired) electrons. The van der Waals surface area contributed by atoms with Crippen LogP contribution in [0.4, 0.5) is 17.6 Å². The van der Waals surface area contributed by atoms with Crippen LogP contribution in [-0.4, -0.2) is 75.0 Å². The van der Waals surface area contributed by atoms with Gasteiger partial charge < -0.3 is 9.64 Å². The van der Waals surface area contributed by atoms with Crippen LogP contribution in [-0.2, 0) is 24.2 Å². The van der Waals surface area contributed by atoms with Gasteiger partial charge in [0.2, 0.25) is 5.91 Å². The van der Waals surface area contributed by atoms with Crippen LogP contribution >= 0.6 is 0 Å². The molecular weight excluding hydrogens is 540 g/mol. The van der Waals surface area contributed by atoms with Gasteiger partial charge in [0, 0.05) is 6.26 Å². The summed E-state index contributed by atoms with van der Waals surface area (Å²) in [6, 6.07) is 6.80. The number of ether oxygens (including phenoxy) is 1. The van der Waals surface area contributed by atoms with Crippen LogP contribution in [0.1, 0.15) is 31.9 Å². The molecule has 7 nitrogen and oxygen atoms in total. The molecule has 2 aromatic rings. The molecule has 2 aromatic carbocycles. The summed E-state index contributed by atoms with van der Waals surface area (Å²) in [7, 11) is -3.47. The molecule has 12 heteroatoms. The number of alkyl halides is 4. The largest absolute Gasteiger partial charge is 0.407 e. The van der Waals surface area contributed by atoms with Gasteiger partial charge in [-0.2, -0.15) is 13.2 Å². The van der Waals surface area contributed by atoms with Gasteiger partial charge in [-0.1, -0.05) is 50.2 Å². The van der Waals surface area contributed by atoms with Crippen LogP contribution in [0.3, 0.4) is 0 Å². The van der Waals surface area contributed by atoms with Crippen molar-refractivity contribution in [1.82, 2.24) is 10.2 Å². The van der Waals surface area contributed by atoms with Crippen molar-refractivity contribution in [2.24, 2.45) is 5.92 Å². The molecule has 0 saturated carbocycles. The molecule has 2 saturated heterocycles. The Labute approximate surface area is 224 Å². The maximum Gasteiger partial charge on any atom is 0.407 e. The third-order valence-electron chi connectivity index (χ3n) is 6.95. The van der Waals surface area contributed by atoms with Gasteiger partial charge in [0.15, 0.2) is 15.6 Å². The van der Waals surface area contributed by atoms with Crippen LogP contribution in [0, 0.1) is 5.92 Å². The first-order valence-electron chi connectivity index (χ1n) is 12.5. The lowest BCUT2D eigenvalue weighted by Crippen LogP contribution is -2.53. The number of Topliss-reactive ketones (excluding diaryl/α,β-unsaturated/α-hetero) is 1. The zero-order valence-corrected chi connectivity index (χ0v) is 22.4. The minimum Gasteiger partial charge on any atom is -0.365 e. The van der Waals surface area contributed by atoms with Crippen LogP contribution in [0.15, 0.2) is 53.4 Å². The van der Waals surface area contributed by atoms with E-state index in [0.717, 1.165) is 11.2 Å². The average Bonchev–Trinajstić information content (AvgIpc) is 3.40. The zero-order chi connectivity index (χ0) is 28.7. The molecule has 0 spiro atoms. The first-order chi connectivity index (χ1) is 18.2. The Balaban J connectivity index is 1.61. The number of nitrogens with one attached hydrogen (secondary N) is 1. The van der Waals surface area contributed by atoms with Crippen LogP contribution in [0.5, 0.6) is 0 Å². The molecule has 2 fully saturated rings. The Hall–Kier alpha value is -2.83. The standard InChI is InChI=1S/C27H30F4N2O5S/c1-15(2)11-21(26(35)33-13-20(28)24-23(33)22(34)14-38-24)32-25(27(29,30)31)17-9-7-16(8-10-17)18-5-4-6-19(12-18)39(3,36)37/h4-10,12,15,20-21,23-25,32H,11,13-14H2,1-3H3/t20-,21?,23+,24+,25-/m0/s1. The van der Waals surface area contributed by atoms with Gasteiger partial charge in [-0.05, 0) is 41.2 Å². The summed E-state index contributed by atoms with van der Waals surface area (Å²) in [6.07, 6.45) is -6.39. The molecule has 1 unspecified atom stereocenters. The number of carbonyl (C=O) groups excluding carboxylic acids is 2. The number of carbonyl (C=O) groups is 2. The number of halogens is 4. The molecule has 212 valence electrons. The first kappa shape index (κ1) is 29.2. The van der Waals surface area contributed by atoms with Crippen molar-refractivity contribution in [1.29, 1.82) is 0 Å². The second-order valence-electron chi connectivity index (χ2n) is 10.4. The van der Waals surface area contributed by atoms with Crippen molar-refractivity contribution in [2.75, 3.05) is 19.4 Å². The maximum absolute atomic E-state index is 14.5. The molecule has 1 amide bonds. The van der Waals surface area contributed by atoms with Gasteiger partial charge in [-0.3, -0.25) is 14.9 Å². The fourth-order valence-corrected chi connectivity index (χ4v) is 5.76. The van der Waals surface area contributed by atoms with Crippen molar-refractivity contribution in [3.8, 4) is 11.1 Å². The van der Waals surface area contributed by atoms with Crippen molar-refractivity contribution < 1.29 is 40.3 Å². The van der Waals surface area contributed by atoms with E-state index in [1.54, 1.807) is 26.0 Å². The summed E-state index contributed by atoms with van der Waals surface area (Å²) in [5.74, 6) is -1.43. The quantitative estimate of drug-likeness (QED) is 0.485. The highest BCUT2D eigenvalue weighted by Gasteiger charge is 2.54. The molecule has 0 aliphatic carbocycles. The maximum atomic E-state index is 14.5. The second-order valence-corrected chi connectivity index (χ2v) is 12.5. The zero-order valence-electron chi connectivity index (χ0n) is 21.6. The van der Waals surface area contributed by atoms with E-state index in [1.807, 2.05) is 0 Å². The average molecular weight is 571 g/mol. The Kier molecular flexibility index (Phi) is 8.21. The lowest BCUT2D eigenvalue weighted by molar-refractivity contribution is -0.163.